The molecule has 4 aromatic rings. The number of hydrogen-bond acceptors (Lipinski definition) is 9. The van der Waals surface area contributed by atoms with E-state index in [1.807, 2.05) is 0 Å². The first-order chi connectivity index (χ1) is 17.9. The third kappa shape index (κ3) is 6.04. The number of nitrogens with one attached hydrogen (secondary N) is 1. The molecule has 3 aromatic heterocycles. The van der Waals surface area contributed by atoms with Crippen molar-refractivity contribution in [1.82, 2.24) is 19.7 Å². The fourth-order valence-electron chi connectivity index (χ4n) is 3.53. The van der Waals surface area contributed by atoms with Crippen LogP contribution in [0.15, 0.2) is 48.9 Å². The zero-order chi connectivity index (χ0) is 26.4. The van der Waals surface area contributed by atoms with Gasteiger partial charge in [-0.2, -0.15) is 5.10 Å². The molecule has 1 unspecified atom stereocenters. The fraction of sp³-hybridized carbons (Fsp3) is 0.280. The van der Waals surface area contributed by atoms with Crippen LogP contribution >= 0.6 is 0 Å². The Hall–Kier alpha value is -4.45. The monoisotopic (exact) mass is 511 g/mol. The molecule has 1 aromatic carbocycles. The van der Waals surface area contributed by atoms with Gasteiger partial charge in [0.2, 0.25) is 0 Å². The van der Waals surface area contributed by atoms with Gasteiger partial charge in [-0.3, -0.25) is 14.5 Å². The third-order valence-electron chi connectivity index (χ3n) is 5.14. The zero-order valence-electron chi connectivity index (χ0n) is 20.5. The van der Waals surface area contributed by atoms with Gasteiger partial charge in [0, 0.05) is 17.6 Å². The van der Waals surface area contributed by atoms with Crippen molar-refractivity contribution >= 4 is 22.6 Å². The Morgan fingerprint density at radius 2 is 1.89 bits per heavy atom. The molecule has 37 heavy (non-hydrogen) atoms. The topological polar surface area (TPSA) is 130 Å². The van der Waals surface area contributed by atoms with Gasteiger partial charge in [0.15, 0.2) is 22.9 Å². The molecule has 0 spiro atoms. The van der Waals surface area contributed by atoms with Crippen LogP contribution in [0.25, 0.3) is 10.9 Å². The van der Waals surface area contributed by atoms with E-state index in [9.17, 15) is 14.3 Å². The number of aliphatic hydroxyl groups is 1. The summed E-state index contributed by atoms with van der Waals surface area (Å²) in [5, 5.41) is 17.1. The number of benzene rings is 1. The summed E-state index contributed by atoms with van der Waals surface area (Å²) >= 11 is 0. The van der Waals surface area contributed by atoms with Crippen LogP contribution in [0, 0.1) is 0 Å². The third-order valence-corrected chi connectivity index (χ3v) is 5.14. The first-order valence-electron chi connectivity index (χ1n) is 11.3. The summed E-state index contributed by atoms with van der Waals surface area (Å²) in [5.41, 5.74) is 0.608. The summed E-state index contributed by atoms with van der Waals surface area (Å²) in [7, 11) is 3.10. The minimum absolute atomic E-state index is 0.0520. The van der Waals surface area contributed by atoms with E-state index in [1.54, 1.807) is 57.7 Å². The second-order valence-corrected chi connectivity index (χ2v) is 7.92. The molecule has 4 rings (SSSR count). The maximum absolute atomic E-state index is 12.8. The number of ether oxygens (including phenoxy) is 4. The van der Waals surface area contributed by atoms with Gasteiger partial charge in [-0.15, -0.1) is 0 Å². The molecule has 12 heteroatoms. The molecular weight excluding hydrogens is 485 g/mol. The van der Waals surface area contributed by atoms with Crippen molar-refractivity contribution in [1.29, 1.82) is 0 Å². The van der Waals surface area contributed by atoms with E-state index in [1.165, 1.54) is 17.1 Å². The predicted octanol–water partition coefficient (Wildman–Crippen LogP) is 3.62. The number of amides is 1. The second-order valence-electron chi connectivity index (χ2n) is 7.92. The normalized spacial score (nSPS) is 11.7. The average molecular weight is 512 g/mol. The van der Waals surface area contributed by atoms with Crippen molar-refractivity contribution in [2.45, 2.75) is 19.6 Å². The maximum atomic E-state index is 12.8. The molecule has 0 aliphatic rings. The van der Waals surface area contributed by atoms with Gasteiger partial charge in [0.05, 0.1) is 44.8 Å². The Bertz CT molecular complexity index is 1380. The number of rotatable bonds is 11. The Morgan fingerprint density at radius 1 is 1.11 bits per heavy atom. The predicted molar refractivity (Wildman–Crippen MR) is 132 cm³/mol. The SMILES string of the molecule is COc1cc2nccc(Oc3ccc(NC(=O)c4nn(CC(C)O)cc4OCCF)nc3)c2cc1OC. The number of aliphatic hydroxyl groups excluding tert-OH is 1. The molecular formula is C25H26FN5O6. The number of carbonyl (C=O) groups excluding carboxylic acids is 1. The first kappa shape index (κ1) is 25.6. The van der Waals surface area contributed by atoms with Gasteiger partial charge < -0.3 is 29.4 Å². The van der Waals surface area contributed by atoms with Gasteiger partial charge in [0.25, 0.3) is 5.91 Å². The standard InChI is InChI=1S/C25H26FN5O6/c1-15(32)13-31-14-22(36-9-7-26)24(30-31)25(33)29-23-5-4-16(12-28-23)37-19-6-8-27-18-11-21(35-3)20(34-2)10-17(18)19/h4-6,8,10-12,14-15,32H,7,9,13H2,1-3H3,(H,28,29,33). The molecule has 0 aliphatic carbocycles. The number of fused-ring (bicyclic) bond motifs is 1. The lowest BCUT2D eigenvalue weighted by atomic mass is 10.2. The van der Waals surface area contributed by atoms with Crippen LogP contribution in [0.3, 0.4) is 0 Å². The highest BCUT2D eigenvalue weighted by Gasteiger charge is 2.20. The van der Waals surface area contributed by atoms with Crippen LogP contribution in [-0.2, 0) is 6.54 Å². The van der Waals surface area contributed by atoms with E-state index in [0.29, 0.717) is 33.9 Å². The average Bonchev–Trinajstić information content (AvgIpc) is 3.29. The molecule has 2 N–H and O–H groups in total. The van der Waals surface area contributed by atoms with Crippen LogP contribution in [0.4, 0.5) is 10.2 Å². The van der Waals surface area contributed by atoms with E-state index >= 15 is 0 Å². The number of nitrogens with zero attached hydrogens (tertiary/aromatic N) is 4. The van der Waals surface area contributed by atoms with E-state index in [0.717, 1.165) is 0 Å². The lowest BCUT2D eigenvalue weighted by molar-refractivity contribution is 0.101. The lowest BCUT2D eigenvalue weighted by Crippen LogP contribution is -2.17. The number of alkyl halides is 1. The van der Waals surface area contributed by atoms with Crippen LogP contribution in [0.1, 0.15) is 17.4 Å². The summed E-state index contributed by atoms with van der Waals surface area (Å²) in [6.45, 7) is 0.775. The summed E-state index contributed by atoms with van der Waals surface area (Å²) in [5.74, 6) is 1.79. The van der Waals surface area contributed by atoms with Crippen molar-refractivity contribution in [3.63, 3.8) is 0 Å². The fourth-order valence-corrected chi connectivity index (χ4v) is 3.53. The number of carbonyl (C=O) groups is 1. The molecule has 0 aliphatic heterocycles. The van der Waals surface area contributed by atoms with Gasteiger partial charge >= 0.3 is 0 Å². The first-order valence-corrected chi connectivity index (χ1v) is 11.3. The molecule has 0 bridgehead atoms. The highest BCUT2D eigenvalue weighted by atomic mass is 19.1. The number of methoxy groups -OCH3 is 2. The van der Waals surface area contributed by atoms with E-state index in [4.69, 9.17) is 18.9 Å². The van der Waals surface area contributed by atoms with Crippen molar-refractivity contribution < 1.29 is 33.2 Å². The van der Waals surface area contributed by atoms with Crippen LogP contribution < -0.4 is 24.3 Å². The van der Waals surface area contributed by atoms with Crippen LogP contribution in [0.5, 0.6) is 28.7 Å². The molecule has 0 radical (unpaired) electrons. The smallest absolute Gasteiger partial charge is 0.281 e. The summed E-state index contributed by atoms with van der Waals surface area (Å²) < 4.78 is 36.0. The molecule has 1 atom stereocenters. The van der Waals surface area contributed by atoms with E-state index in [-0.39, 0.29) is 30.4 Å². The molecule has 1 amide bonds. The minimum atomic E-state index is -0.723. The zero-order valence-corrected chi connectivity index (χ0v) is 20.5. The number of pyridine rings is 2. The van der Waals surface area contributed by atoms with Crippen molar-refractivity contribution in [3.8, 4) is 28.7 Å². The second kappa shape index (κ2) is 11.5. The Kier molecular flexibility index (Phi) is 7.98. The van der Waals surface area contributed by atoms with Crippen molar-refractivity contribution in [2.75, 3.05) is 32.8 Å². The van der Waals surface area contributed by atoms with E-state index in [2.05, 4.69) is 20.4 Å². The molecule has 3 heterocycles. The minimum Gasteiger partial charge on any atom is -0.493 e. The largest absolute Gasteiger partial charge is 0.493 e. The molecule has 0 saturated carbocycles. The van der Waals surface area contributed by atoms with Crippen LogP contribution in [-0.4, -0.2) is 64.4 Å². The Balaban J connectivity index is 1.50. The lowest BCUT2D eigenvalue weighted by Gasteiger charge is -2.12. The number of anilines is 1. The summed E-state index contributed by atoms with van der Waals surface area (Å²) in [4.78, 5) is 21.4. The molecule has 11 nitrogen and oxygen atoms in total. The number of halogens is 1. The quantitative estimate of drug-likeness (QED) is 0.310. The highest BCUT2D eigenvalue weighted by Crippen LogP contribution is 2.36. The number of hydrogen-bond donors (Lipinski definition) is 2. The van der Waals surface area contributed by atoms with Gasteiger partial charge in [-0.1, -0.05) is 0 Å². The number of aromatic nitrogens is 4. The summed E-state index contributed by atoms with van der Waals surface area (Å²) in [6, 6.07) is 8.45. The van der Waals surface area contributed by atoms with E-state index < -0.39 is 18.7 Å². The van der Waals surface area contributed by atoms with Gasteiger partial charge in [-0.25, -0.2) is 9.37 Å². The summed E-state index contributed by atoms with van der Waals surface area (Å²) in [6.07, 6.45) is 3.81. The van der Waals surface area contributed by atoms with Gasteiger partial charge in [0.1, 0.15) is 30.6 Å². The highest BCUT2D eigenvalue weighted by molar-refractivity contribution is 6.04. The van der Waals surface area contributed by atoms with Crippen LogP contribution in [0.2, 0.25) is 0 Å². The Morgan fingerprint density at radius 3 is 2.57 bits per heavy atom. The van der Waals surface area contributed by atoms with Gasteiger partial charge in [-0.05, 0) is 31.2 Å². The Labute approximate surface area is 211 Å². The molecule has 0 fully saturated rings. The van der Waals surface area contributed by atoms with Crippen molar-refractivity contribution in [2.24, 2.45) is 0 Å². The molecule has 194 valence electrons. The van der Waals surface area contributed by atoms with Crippen molar-refractivity contribution in [3.05, 3.63) is 54.6 Å². The molecule has 0 saturated heterocycles. The maximum Gasteiger partial charge on any atom is 0.281 e.